The van der Waals surface area contributed by atoms with Gasteiger partial charge in [0, 0.05) is 24.8 Å². The van der Waals surface area contributed by atoms with Gasteiger partial charge in [-0.05, 0) is 20.8 Å². The fourth-order valence-electron chi connectivity index (χ4n) is 1.72. The minimum absolute atomic E-state index is 0.744. The van der Waals surface area contributed by atoms with Gasteiger partial charge in [0.15, 0.2) is 0 Å². The minimum atomic E-state index is 0.744. The van der Waals surface area contributed by atoms with Crippen molar-refractivity contribution in [3.63, 3.8) is 0 Å². The molecule has 5 heteroatoms. The Bertz CT molecular complexity index is 498. The maximum atomic E-state index is 4.87. The predicted molar refractivity (Wildman–Crippen MR) is 61.2 cm³/mol. The molecule has 0 saturated carbocycles. The van der Waals surface area contributed by atoms with Crippen molar-refractivity contribution in [1.82, 2.24) is 14.9 Å². The van der Waals surface area contributed by atoms with Crippen molar-refractivity contribution in [2.24, 2.45) is 7.05 Å². The summed E-state index contributed by atoms with van der Waals surface area (Å²) in [5.74, 6) is 0. The third-order valence-electron chi connectivity index (χ3n) is 2.86. The van der Waals surface area contributed by atoms with Crippen LogP contribution in [0, 0.1) is 20.8 Å². The van der Waals surface area contributed by atoms with Gasteiger partial charge in [-0.15, -0.1) is 0 Å². The largest absolute Gasteiger partial charge is 0.377 e. The molecular weight excluding hydrogens is 204 g/mol. The average molecular weight is 220 g/mol. The highest BCUT2D eigenvalue weighted by molar-refractivity contribution is 5.45. The number of anilines is 1. The van der Waals surface area contributed by atoms with E-state index in [1.54, 1.807) is 6.26 Å². The van der Waals surface area contributed by atoms with Crippen LogP contribution in [0.4, 0.5) is 5.69 Å². The van der Waals surface area contributed by atoms with Gasteiger partial charge in [-0.25, -0.2) is 0 Å². The highest BCUT2D eigenvalue weighted by Gasteiger charge is 2.10. The molecule has 0 amide bonds. The Hall–Kier alpha value is -1.78. The molecule has 0 aromatic carbocycles. The highest BCUT2D eigenvalue weighted by Crippen LogP contribution is 2.16. The van der Waals surface area contributed by atoms with Gasteiger partial charge < -0.3 is 9.84 Å². The van der Waals surface area contributed by atoms with E-state index in [1.165, 1.54) is 11.3 Å². The molecule has 0 unspecified atom stereocenters. The van der Waals surface area contributed by atoms with Gasteiger partial charge in [-0.2, -0.15) is 5.10 Å². The Labute approximate surface area is 94.4 Å². The van der Waals surface area contributed by atoms with Gasteiger partial charge in [-0.1, -0.05) is 5.16 Å². The van der Waals surface area contributed by atoms with Gasteiger partial charge in [0.05, 0.1) is 11.4 Å². The lowest BCUT2D eigenvalue weighted by molar-refractivity contribution is 0.415. The molecule has 0 atom stereocenters. The van der Waals surface area contributed by atoms with E-state index in [1.807, 2.05) is 25.6 Å². The molecule has 2 heterocycles. The molecule has 86 valence electrons. The average Bonchev–Trinajstić information content (AvgIpc) is 2.72. The normalized spacial score (nSPS) is 10.8. The molecule has 0 bridgehead atoms. The summed E-state index contributed by atoms with van der Waals surface area (Å²) in [5.41, 5.74) is 5.27. The van der Waals surface area contributed by atoms with Gasteiger partial charge in [-0.3, -0.25) is 4.68 Å². The first-order valence-corrected chi connectivity index (χ1v) is 5.23. The predicted octanol–water partition coefficient (Wildman–Crippen LogP) is 1.95. The number of aryl methyl sites for hydroxylation is 3. The van der Waals surface area contributed by atoms with Crippen molar-refractivity contribution in [1.29, 1.82) is 0 Å². The summed E-state index contributed by atoms with van der Waals surface area (Å²) in [6.45, 7) is 6.74. The van der Waals surface area contributed by atoms with Gasteiger partial charge >= 0.3 is 0 Å². The quantitative estimate of drug-likeness (QED) is 0.858. The second kappa shape index (κ2) is 4.00. The van der Waals surface area contributed by atoms with Crippen LogP contribution in [0.1, 0.15) is 22.6 Å². The molecule has 1 N–H and O–H groups in total. The maximum Gasteiger partial charge on any atom is 0.147 e. The first-order chi connectivity index (χ1) is 7.59. The van der Waals surface area contributed by atoms with Crippen LogP contribution < -0.4 is 5.32 Å². The summed E-state index contributed by atoms with van der Waals surface area (Å²) < 4.78 is 6.76. The van der Waals surface area contributed by atoms with E-state index in [4.69, 9.17) is 4.52 Å². The molecule has 0 aliphatic carbocycles. The van der Waals surface area contributed by atoms with Crippen LogP contribution in [0.25, 0.3) is 0 Å². The second-order valence-corrected chi connectivity index (χ2v) is 3.94. The topological polar surface area (TPSA) is 55.9 Å². The molecule has 2 rings (SSSR count). The van der Waals surface area contributed by atoms with Crippen molar-refractivity contribution in [2.45, 2.75) is 27.3 Å². The SMILES string of the molecule is Cc1nocc1NCc1c(C)nn(C)c1C. The van der Waals surface area contributed by atoms with Crippen molar-refractivity contribution in [3.8, 4) is 0 Å². The Morgan fingerprint density at radius 3 is 2.56 bits per heavy atom. The highest BCUT2D eigenvalue weighted by atomic mass is 16.5. The number of rotatable bonds is 3. The molecular formula is C11H16N4O. The fraction of sp³-hybridized carbons (Fsp3) is 0.455. The van der Waals surface area contributed by atoms with E-state index in [0.717, 1.165) is 23.6 Å². The summed E-state index contributed by atoms with van der Waals surface area (Å²) in [5, 5.41) is 11.5. The van der Waals surface area contributed by atoms with Crippen LogP contribution >= 0.6 is 0 Å². The first kappa shape index (κ1) is 10.7. The van der Waals surface area contributed by atoms with Crippen molar-refractivity contribution < 1.29 is 4.52 Å². The van der Waals surface area contributed by atoms with Crippen LogP contribution in [0.2, 0.25) is 0 Å². The molecule has 0 aliphatic rings. The molecule has 5 nitrogen and oxygen atoms in total. The zero-order valence-electron chi connectivity index (χ0n) is 10.0. The maximum absolute atomic E-state index is 4.87. The van der Waals surface area contributed by atoms with Gasteiger partial charge in [0.1, 0.15) is 12.0 Å². The number of hydrogen-bond acceptors (Lipinski definition) is 4. The van der Waals surface area contributed by atoms with Crippen LogP contribution in [-0.4, -0.2) is 14.9 Å². The Morgan fingerprint density at radius 1 is 1.31 bits per heavy atom. The number of aromatic nitrogens is 3. The molecule has 2 aromatic heterocycles. The Morgan fingerprint density at radius 2 is 2.06 bits per heavy atom. The Balaban J connectivity index is 2.13. The third-order valence-corrected chi connectivity index (χ3v) is 2.86. The van der Waals surface area contributed by atoms with E-state index in [2.05, 4.69) is 22.5 Å². The standard InChI is InChI=1S/C11H16N4O/c1-7-10(9(3)15(4)13-7)5-12-11-6-16-14-8(11)2/h6,12H,5H2,1-4H3. The summed E-state index contributed by atoms with van der Waals surface area (Å²) in [6, 6.07) is 0. The zero-order chi connectivity index (χ0) is 11.7. The van der Waals surface area contributed by atoms with E-state index in [9.17, 15) is 0 Å². The van der Waals surface area contributed by atoms with Crippen molar-refractivity contribution in [3.05, 3.63) is 28.9 Å². The summed E-state index contributed by atoms with van der Waals surface area (Å²) in [7, 11) is 1.95. The molecule has 0 spiro atoms. The second-order valence-electron chi connectivity index (χ2n) is 3.94. The molecule has 16 heavy (non-hydrogen) atoms. The summed E-state index contributed by atoms with van der Waals surface area (Å²) in [6.07, 6.45) is 1.62. The lowest BCUT2D eigenvalue weighted by atomic mass is 10.2. The summed E-state index contributed by atoms with van der Waals surface area (Å²) >= 11 is 0. The minimum Gasteiger partial charge on any atom is -0.377 e. The smallest absolute Gasteiger partial charge is 0.147 e. The van der Waals surface area contributed by atoms with Crippen molar-refractivity contribution >= 4 is 5.69 Å². The van der Waals surface area contributed by atoms with Crippen LogP contribution in [-0.2, 0) is 13.6 Å². The molecule has 0 saturated heterocycles. The number of nitrogens with one attached hydrogen (secondary N) is 1. The molecule has 2 aromatic rings. The number of nitrogens with zero attached hydrogens (tertiary/aromatic N) is 3. The van der Waals surface area contributed by atoms with E-state index >= 15 is 0 Å². The summed E-state index contributed by atoms with van der Waals surface area (Å²) in [4.78, 5) is 0. The Kier molecular flexibility index (Phi) is 2.68. The van der Waals surface area contributed by atoms with E-state index < -0.39 is 0 Å². The molecule has 0 radical (unpaired) electrons. The first-order valence-electron chi connectivity index (χ1n) is 5.23. The molecule has 0 fully saturated rings. The van der Waals surface area contributed by atoms with E-state index in [0.29, 0.717) is 0 Å². The van der Waals surface area contributed by atoms with Crippen molar-refractivity contribution in [2.75, 3.05) is 5.32 Å². The van der Waals surface area contributed by atoms with E-state index in [-0.39, 0.29) is 0 Å². The van der Waals surface area contributed by atoms with Crippen LogP contribution in [0.5, 0.6) is 0 Å². The fourth-order valence-corrected chi connectivity index (χ4v) is 1.72. The number of hydrogen-bond donors (Lipinski definition) is 1. The van der Waals surface area contributed by atoms with Gasteiger partial charge in [0.25, 0.3) is 0 Å². The third kappa shape index (κ3) is 1.80. The lowest BCUT2D eigenvalue weighted by Gasteiger charge is -2.04. The zero-order valence-corrected chi connectivity index (χ0v) is 10.0. The van der Waals surface area contributed by atoms with Crippen LogP contribution in [0.15, 0.2) is 10.8 Å². The molecule has 0 aliphatic heterocycles. The van der Waals surface area contributed by atoms with Gasteiger partial charge in [0.2, 0.25) is 0 Å². The lowest BCUT2D eigenvalue weighted by Crippen LogP contribution is -2.02. The van der Waals surface area contributed by atoms with Crippen LogP contribution in [0.3, 0.4) is 0 Å². The monoisotopic (exact) mass is 220 g/mol.